The summed E-state index contributed by atoms with van der Waals surface area (Å²) in [6.45, 7) is 0.369. The van der Waals surface area contributed by atoms with Gasteiger partial charge in [0.05, 0.1) is 5.56 Å². The van der Waals surface area contributed by atoms with Crippen molar-refractivity contribution in [1.82, 2.24) is 19.9 Å². The van der Waals surface area contributed by atoms with E-state index in [1.807, 2.05) is 30.5 Å². The van der Waals surface area contributed by atoms with Gasteiger partial charge in [-0.15, -0.1) is 0 Å². The second-order valence-electron chi connectivity index (χ2n) is 6.28. The zero-order valence-electron chi connectivity index (χ0n) is 14.8. The molecule has 29 heavy (non-hydrogen) atoms. The number of hydrogen-bond donors (Lipinski definition) is 4. The first kappa shape index (κ1) is 18.5. The van der Waals surface area contributed by atoms with Gasteiger partial charge in [-0.3, -0.25) is 4.98 Å². The van der Waals surface area contributed by atoms with Gasteiger partial charge in [0.2, 0.25) is 11.9 Å². The number of benzene rings is 2. The van der Waals surface area contributed by atoms with Gasteiger partial charge < -0.3 is 15.6 Å². The van der Waals surface area contributed by atoms with Crippen molar-refractivity contribution < 1.29 is 13.2 Å². The summed E-state index contributed by atoms with van der Waals surface area (Å²) in [5, 5.41) is 6.66. The maximum Gasteiger partial charge on any atom is 0.416 e. The lowest BCUT2D eigenvalue weighted by Crippen LogP contribution is -2.18. The predicted octanol–water partition coefficient (Wildman–Crippen LogP) is 4.02. The van der Waals surface area contributed by atoms with Crippen molar-refractivity contribution >= 4 is 28.5 Å². The molecule has 2 aromatic heterocycles. The molecule has 0 unspecified atom stereocenters. The lowest BCUT2D eigenvalue weighted by Gasteiger charge is -2.11. The molecular formula is C19H15F3N6O. The first-order chi connectivity index (χ1) is 13.9. The molecule has 0 radical (unpaired) electrons. The van der Waals surface area contributed by atoms with Crippen molar-refractivity contribution in [2.24, 2.45) is 0 Å². The van der Waals surface area contributed by atoms with Crippen molar-refractivity contribution in [1.29, 1.82) is 0 Å². The molecule has 0 spiro atoms. The fourth-order valence-electron chi connectivity index (χ4n) is 2.83. The molecule has 0 atom stereocenters. The highest BCUT2D eigenvalue weighted by Gasteiger charge is 2.30. The number of alkyl halides is 3. The van der Waals surface area contributed by atoms with Gasteiger partial charge in [0, 0.05) is 23.9 Å². The predicted molar refractivity (Wildman–Crippen MR) is 103 cm³/mol. The van der Waals surface area contributed by atoms with Crippen LogP contribution in [0, 0.1) is 0 Å². The Morgan fingerprint density at radius 2 is 1.90 bits per heavy atom. The van der Waals surface area contributed by atoms with E-state index in [1.165, 1.54) is 12.1 Å². The second-order valence-corrected chi connectivity index (χ2v) is 6.28. The van der Waals surface area contributed by atoms with E-state index in [0.29, 0.717) is 6.54 Å². The van der Waals surface area contributed by atoms with Gasteiger partial charge in [0.1, 0.15) is 0 Å². The minimum Gasteiger partial charge on any atom is -0.361 e. The third-order valence-electron chi connectivity index (χ3n) is 4.17. The van der Waals surface area contributed by atoms with E-state index in [9.17, 15) is 18.0 Å². The number of H-pyrrole nitrogens is 2. The Hall–Kier alpha value is -3.82. The Bertz CT molecular complexity index is 1210. The monoisotopic (exact) mass is 400 g/mol. The number of hydrogen-bond acceptors (Lipinski definition) is 5. The van der Waals surface area contributed by atoms with E-state index in [0.717, 1.165) is 28.6 Å². The van der Waals surface area contributed by atoms with Gasteiger partial charge in [-0.2, -0.15) is 23.1 Å². The zero-order valence-corrected chi connectivity index (χ0v) is 14.8. The lowest BCUT2D eigenvalue weighted by molar-refractivity contribution is -0.137. The standard InChI is InChI=1S/C19H15F3N6O/c20-19(21,22)13-2-1-3-14(9-13)25-17-26-16(27-18(29)28-17)24-10-11-4-5-15-12(8-11)6-7-23-15/h1-9,23H,10H2,(H3,24,25,26,27,28,29). The van der Waals surface area contributed by atoms with Crippen molar-refractivity contribution in [3.63, 3.8) is 0 Å². The van der Waals surface area contributed by atoms with E-state index in [-0.39, 0.29) is 17.6 Å². The number of aromatic amines is 2. The largest absolute Gasteiger partial charge is 0.416 e. The molecule has 0 amide bonds. The second kappa shape index (κ2) is 7.30. The maximum absolute atomic E-state index is 12.9. The molecule has 148 valence electrons. The Labute approximate surface area is 162 Å². The van der Waals surface area contributed by atoms with E-state index in [4.69, 9.17) is 0 Å². The van der Waals surface area contributed by atoms with E-state index >= 15 is 0 Å². The first-order valence-electron chi connectivity index (χ1n) is 8.59. The van der Waals surface area contributed by atoms with Crippen LogP contribution in [0.1, 0.15) is 11.1 Å². The van der Waals surface area contributed by atoms with Crippen LogP contribution < -0.4 is 16.3 Å². The molecule has 0 bridgehead atoms. The van der Waals surface area contributed by atoms with E-state index in [1.54, 1.807) is 0 Å². The lowest BCUT2D eigenvalue weighted by atomic mass is 10.1. The molecule has 0 saturated heterocycles. The number of anilines is 3. The normalized spacial score (nSPS) is 11.6. The van der Waals surface area contributed by atoms with Crippen molar-refractivity contribution in [2.45, 2.75) is 12.7 Å². The van der Waals surface area contributed by atoms with Gasteiger partial charge >= 0.3 is 11.9 Å². The fraction of sp³-hybridized carbons (Fsp3) is 0.105. The summed E-state index contributed by atoms with van der Waals surface area (Å²) >= 11 is 0. The molecule has 4 N–H and O–H groups in total. The quantitative estimate of drug-likeness (QED) is 0.406. The van der Waals surface area contributed by atoms with Crippen LogP contribution in [0.15, 0.2) is 59.5 Å². The van der Waals surface area contributed by atoms with Crippen LogP contribution in [0.2, 0.25) is 0 Å². The summed E-state index contributed by atoms with van der Waals surface area (Å²) in [7, 11) is 0. The summed E-state index contributed by atoms with van der Waals surface area (Å²) in [6, 6.07) is 12.4. The Morgan fingerprint density at radius 1 is 1.03 bits per heavy atom. The maximum atomic E-state index is 12.9. The van der Waals surface area contributed by atoms with E-state index < -0.39 is 17.4 Å². The van der Waals surface area contributed by atoms with Crippen LogP contribution in [-0.2, 0) is 12.7 Å². The molecule has 0 fully saturated rings. The van der Waals surface area contributed by atoms with Crippen LogP contribution in [-0.4, -0.2) is 19.9 Å². The van der Waals surface area contributed by atoms with Crippen LogP contribution >= 0.6 is 0 Å². The van der Waals surface area contributed by atoms with Gasteiger partial charge in [-0.25, -0.2) is 4.79 Å². The fourth-order valence-corrected chi connectivity index (χ4v) is 2.83. The highest BCUT2D eigenvalue weighted by molar-refractivity contribution is 5.79. The Kier molecular flexibility index (Phi) is 4.67. The SMILES string of the molecule is O=c1nc(NCc2ccc3[nH]ccc3c2)nc(Nc2cccc(C(F)(F)F)c2)[nH]1. The van der Waals surface area contributed by atoms with Crippen LogP contribution in [0.4, 0.5) is 30.8 Å². The molecule has 2 aromatic carbocycles. The third-order valence-corrected chi connectivity index (χ3v) is 4.17. The summed E-state index contributed by atoms with van der Waals surface area (Å²) in [6.07, 6.45) is -2.63. The summed E-state index contributed by atoms with van der Waals surface area (Å²) < 4.78 is 38.6. The average molecular weight is 400 g/mol. The minimum absolute atomic E-state index is 0.0205. The topological polar surface area (TPSA) is 98.5 Å². The van der Waals surface area contributed by atoms with E-state index in [2.05, 4.69) is 30.6 Å². The number of halogens is 3. The van der Waals surface area contributed by atoms with Crippen LogP contribution in [0.5, 0.6) is 0 Å². The molecule has 7 nitrogen and oxygen atoms in total. The van der Waals surface area contributed by atoms with Gasteiger partial charge in [0.15, 0.2) is 0 Å². The highest BCUT2D eigenvalue weighted by atomic mass is 19.4. The Morgan fingerprint density at radius 3 is 2.72 bits per heavy atom. The first-order valence-corrected chi connectivity index (χ1v) is 8.59. The molecule has 10 heteroatoms. The number of rotatable bonds is 5. The summed E-state index contributed by atoms with van der Waals surface area (Å²) in [5.41, 5.74) is 0.607. The molecule has 0 aliphatic heterocycles. The zero-order chi connectivity index (χ0) is 20.4. The smallest absolute Gasteiger partial charge is 0.361 e. The molecule has 0 aliphatic rings. The number of fused-ring (bicyclic) bond motifs is 1. The molecule has 4 aromatic rings. The molecule has 4 rings (SSSR count). The molecule has 2 heterocycles. The number of aromatic nitrogens is 4. The summed E-state index contributed by atoms with van der Waals surface area (Å²) in [4.78, 5) is 25.1. The number of nitrogens with zero attached hydrogens (tertiary/aromatic N) is 2. The molecule has 0 aliphatic carbocycles. The Balaban J connectivity index is 1.51. The molecular weight excluding hydrogens is 385 g/mol. The van der Waals surface area contributed by atoms with Crippen LogP contribution in [0.3, 0.4) is 0 Å². The van der Waals surface area contributed by atoms with Crippen molar-refractivity contribution in [2.75, 3.05) is 10.6 Å². The molecule has 0 saturated carbocycles. The summed E-state index contributed by atoms with van der Waals surface area (Å²) in [5.74, 6) is 0.0327. The van der Waals surface area contributed by atoms with Gasteiger partial charge in [-0.1, -0.05) is 12.1 Å². The minimum atomic E-state index is -4.47. The van der Waals surface area contributed by atoms with Gasteiger partial charge in [-0.05, 0) is 47.3 Å². The highest BCUT2D eigenvalue weighted by Crippen LogP contribution is 2.31. The number of nitrogens with one attached hydrogen (secondary N) is 4. The average Bonchev–Trinajstić information content (AvgIpc) is 3.13. The van der Waals surface area contributed by atoms with Crippen molar-refractivity contribution in [3.05, 3.63) is 76.3 Å². The van der Waals surface area contributed by atoms with Crippen LogP contribution in [0.25, 0.3) is 10.9 Å². The van der Waals surface area contributed by atoms with Crippen molar-refractivity contribution in [3.8, 4) is 0 Å². The van der Waals surface area contributed by atoms with Gasteiger partial charge in [0.25, 0.3) is 0 Å². The third kappa shape index (κ3) is 4.37.